The number of hydrogen-bond donors (Lipinski definition) is 1. The van der Waals surface area contributed by atoms with E-state index in [9.17, 15) is 4.79 Å². The second-order valence-corrected chi connectivity index (χ2v) is 8.52. The van der Waals surface area contributed by atoms with Crippen LogP contribution >= 0.6 is 0 Å². The van der Waals surface area contributed by atoms with Crippen LogP contribution in [-0.2, 0) is 4.79 Å². The van der Waals surface area contributed by atoms with Gasteiger partial charge in [0.15, 0.2) is 0 Å². The van der Waals surface area contributed by atoms with E-state index in [1.807, 2.05) is 6.07 Å². The zero-order chi connectivity index (χ0) is 19.7. The molecule has 0 radical (unpaired) electrons. The van der Waals surface area contributed by atoms with E-state index >= 15 is 0 Å². The van der Waals surface area contributed by atoms with Gasteiger partial charge >= 0.3 is 0 Å². The summed E-state index contributed by atoms with van der Waals surface area (Å²) >= 11 is 0. The molecule has 1 aliphatic carbocycles. The van der Waals surface area contributed by atoms with E-state index in [0.717, 1.165) is 44.5 Å². The molecule has 2 saturated heterocycles. The van der Waals surface area contributed by atoms with Gasteiger partial charge in [-0.05, 0) is 55.7 Å². The van der Waals surface area contributed by atoms with Gasteiger partial charge in [-0.25, -0.2) is 0 Å². The number of piperidine rings is 1. The summed E-state index contributed by atoms with van der Waals surface area (Å²) in [5, 5.41) is 3.10. The number of nitrogens with zero attached hydrogens (tertiary/aromatic N) is 2. The molecule has 150 valence electrons. The number of rotatable bonds is 3. The van der Waals surface area contributed by atoms with Gasteiger partial charge in [0.1, 0.15) is 5.54 Å². The fourth-order valence-corrected chi connectivity index (χ4v) is 5.33. The quantitative estimate of drug-likeness (QED) is 0.854. The molecule has 2 aromatic rings. The van der Waals surface area contributed by atoms with Crippen molar-refractivity contribution in [3.63, 3.8) is 0 Å². The lowest BCUT2D eigenvalue weighted by Gasteiger charge is -2.45. The summed E-state index contributed by atoms with van der Waals surface area (Å²) in [6.07, 6.45) is 7.69. The summed E-state index contributed by atoms with van der Waals surface area (Å²) in [6, 6.07) is 21.2. The van der Waals surface area contributed by atoms with Crippen LogP contribution in [0.15, 0.2) is 72.4 Å². The minimum Gasteiger partial charge on any atom is -0.375 e. The van der Waals surface area contributed by atoms with Crippen LogP contribution in [-0.4, -0.2) is 36.1 Å². The number of amides is 1. The first kappa shape index (κ1) is 18.3. The molecule has 2 aliphatic heterocycles. The third kappa shape index (κ3) is 3.31. The van der Waals surface area contributed by atoms with Crippen molar-refractivity contribution in [2.24, 2.45) is 0 Å². The summed E-state index contributed by atoms with van der Waals surface area (Å²) in [6.45, 7) is 2.53. The zero-order valence-electron chi connectivity index (χ0n) is 16.9. The average Bonchev–Trinajstić information content (AvgIpc) is 3.11. The molecule has 5 rings (SSSR count). The Labute approximate surface area is 173 Å². The molecule has 2 heterocycles. The van der Waals surface area contributed by atoms with E-state index < -0.39 is 0 Å². The summed E-state index contributed by atoms with van der Waals surface area (Å²) in [7, 11) is 0. The molecule has 2 fully saturated rings. The number of nitrogens with one attached hydrogen (secondary N) is 1. The Morgan fingerprint density at radius 2 is 1.62 bits per heavy atom. The summed E-state index contributed by atoms with van der Waals surface area (Å²) < 4.78 is 0. The monoisotopic (exact) mass is 387 g/mol. The molecule has 1 amide bonds. The minimum atomic E-state index is -0.389. The second-order valence-electron chi connectivity index (χ2n) is 8.52. The van der Waals surface area contributed by atoms with Crippen molar-refractivity contribution in [3.8, 4) is 0 Å². The lowest BCUT2D eigenvalue weighted by atomic mass is 9.83. The molecule has 3 aliphatic rings. The Balaban J connectivity index is 1.27. The van der Waals surface area contributed by atoms with E-state index in [1.165, 1.54) is 17.7 Å². The molecule has 0 aromatic heterocycles. The molecule has 4 nitrogen and oxygen atoms in total. The molecule has 1 N–H and O–H groups in total. The van der Waals surface area contributed by atoms with Gasteiger partial charge in [0.05, 0.1) is 6.67 Å². The lowest BCUT2D eigenvalue weighted by molar-refractivity contribution is -0.125. The first-order chi connectivity index (χ1) is 14.3. The van der Waals surface area contributed by atoms with Crippen LogP contribution < -0.4 is 10.2 Å². The predicted molar refractivity (Wildman–Crippen MR) is 117 cm³/mol. The van der Waals surface area contributed by atoms with Crippen LogP contribution in [0.1, 0.15) is 43.6 Å². The Kier molecular flexibility index (Phi) is 4.78. The smallest absolute Gasteiger partial charge is 0.247 e. The number of carbonyl (C=O) groups is 1. The Bertz CT molecular complexity index is 885. The number of carbonyl (C=O) groups excluding carboxylic acids is 1. The summed E-state index contributed by atoms with van der Waals surface area (Å²) in [5.41, 5.74) is 3.69. The van der Waals surface area contributed by atoms with Gasteiger partial charge in [-0.3, -0.25) is 4.79 Å². The van der Waals surface area contributed by atoms with Crippen molar-refractivity contribution >= 4 is 11.6 Å². The minimum absolute atomic E-state index is 0.197. The second kappa shape index (κ2) is 7.58. The largest absolute Gasteiger partial charge is 0.375 e. The normalized spacial score (nSPS) is 23.8. The third-order valence-corrected chi connectivity index (χ3v) is 7.06. The van der Waals surface area contributed by atoms with Crippen LogP contribution in [0.25, 0.3) is 0 Å². The van der Waals surface area contributed by atoms with Crippen LogP contribution in [0.2, 0.25) is 0 Å². The average molecular weight is 388 g/mol. The Morgan fingerprint density at radius 3 is 2.28 bits per heavy atom. The van der Waals surface area contributed by atoms with Crippen LogP contribution in [0.4, 0.5) is 5.69 Å². The topological polar surface area (TPSA) is 35.6 Å². The fourth-order valence-electron chi connectivity index (χ4n) is 5.33. The maximum atomic E-state index is 12.8. The van der Waals surface area contributed by atoms with Crippen molar-refractivity contribution in [1.82, 2.24) is 10.2 Å². The van der Waals surface area contributed by atoms with Crippen molar-refractivity contribution < 1.29 is 4.79 Å². The SMILES string of the molecule is O=C1NCN(c2ccccc2)C12CCN(C1=CCC(c3ccccc3)CC1)CC2. The highest BCUT2D eigenvalue weighted by molar-refractivity contribution is 5.93. The first-order valence-corrected chi connectivity index (χ1v) is 10.9. The van der Waals surface area contributed by atoms with Gasteiger partial charge < -0.3 is 15.1 Å². The molecule has 0 saturated carbocycles. The molecule has 1 unspecified atom stereocenters. The highest BCUT2D eigenvalue weighted by Gasteiger charge is 2.50. The zero-order valence-corrected chi connectivity index (χ0v) is 16.9. The molecule has 29 heavy (non-hydrogen) atoms. The molecule has 1 atom stereocenters. The van der Waals surface area contributed by atoms with E-state index in [1.54, 1.807) is 0 Å². The van der Waals surface area contributed by atoms with Crippen molar-refractivity contribution in [3.05, 3.63) is 78.0 Å². The van der Waals surface area contributed by atoms with Crippen molar-refractivity contribution in [1.29, 1.82) is 0 Å². The summed E-state index contributed by atoms with van der Waals surface area (Å²) in [5.74, 6) is 0.841. The molecule has 1 spiro atoms. The molecule has 0 bridgehead atoms. The van der Waals surface area contributed by atoms with Gasteiger partial charge in [0.2, 0.25) is 5.91 Å². The third-order valence-electron chi connectivity index (χ3n) is 7.06. The number of benzene rings is 2. The Hall–Kier alpha value is -2.75. The number of likely N-dealkylation sites (tertiary alicyclic amines) is 1. The Morgan fingerprint density at radius 1 is 0.931 bits per heavy atom. The van der Waals surface area contributed by atoms with Crippen LogP contribution in [0.3, 0.4) is 0 Å². The van der Waals surface area contributed by atoms with Crippen LogP contribution in [0, 0.1) is 0 Å². The maximum absolute atomic E-state index is 12.8. The van der Waals surface area contributed by atoms with Gasteiger partial charge in [-0.2, -0.15) is 0 Å². The standard InChI is InChI=1S/C25H29N3O/c29-24-25(28(19-26-24)23-9-5-2-6-10-23)15-17-27(18-16-25)22-13-11-21(12-14-22)20-7-3-1-4-8-20/h1-10,13,21H,11-12,14-19H2,(H,26,29). The first-order valence-electron chi connectivity index (χ1n) is 10.9. The van der Waals surface area contributed by atoms with E-state index in [2.05, 4.69) is 75.8 Å². The van der Waals surface area contributed by atoms with E-state index in [-0.39, 0.29) is 11.4 Å². The van der Waals surface area contributed by atoms with Crippen molar-refractivity contribution in [2.75, 3.05) is 24.7 Å². The number of allylic oxidation sites excluding steroid dienone is 2. The number of anilines is 1. The maximum Gasteiger partial charge on any atom is 0.247 e. The highest BCUT2D eigenvalue weighted by atomic mass is 16.2. The van der Waals surface area contributed by atoms with Crippen LogP contribution in [0.5, 0.6) is 0 Å². The lowest BCUT2D eigenvalue weighted by Crippen LogP contribution is -2.56. The molecule has 4 heteroatoms. The predicted octanol–water partition coefficient (Wildman–Crippen LogP) is 4.27. The van der Waals surface area contributed by atoms with E-state index in [0.29, 0.717) is 12.6 Å². The van der Waals surface area contributed by atoms with E-state index in [4.69, 9.17) is 0 Å². The van der Waals surface area contributed by atoms with Gasteiger partial charge in [0, 0.05) is 24.5 Å². The number of hydrogen-bond acceptors (Lipinski definition) is 3. The fraction of sp³-hybridized carbons (Fsp3) is 0.400. The highest BCUT2D eigenvalue weighted by Crippen LogP contribution is 2.39. The van der Waals surface area contributed by atoms with Gasteiger partial charge in [-0.15, -0.1) is 0 Å². The molecular weight excluding hydrogens is 358 g/mol. The van der Waals surface area contributed by atoms with Gasteiger partial charge in [-0.1, -0.05) is 54.6 Å². The van der Waals surface area contributed by atoms with Crippen molar-refractivity contribution in [2.45, 2.75) is 43.6 Å². The summed E-state index contributed by atoms with van der Waals surface area (Å²) in [4.78, 5) is 17.6. The molecule has 2 aromatic carbocycles. The molecular formula is C25H29N3O. The van der Waals surface area contributed by atoms with Gasteiger partial charge in [0.25, 0.3) is 0 Å². The number of para-hydroxylation sites is 1.